The summed E-state index contributed by atoms with van der Waals surface area (Å²) in [5, 5.41) is 3.59. The monoisotopic (exact) mass is 399 g/mol. The summed E-state index contributed by atoms with van der Waals surface area (Å²) in [5.41, 5.74) is 3.51. The molecule has 0 bridgehead atoms. The summed E-state index contributed by atoms with van der Waals surface area (Å²) in [6, 6.07) is 7.43. The summed E-state index contributed by atoms with van der Waals surface area (Å²) in [4.78, 5) is 26.6. The second kappa shape index (κ2) is 8.08. The fraction of sp³-hybridized carbons (Fsp3) is 0.478. The van der Waals surface area contributed by atoms with Crippen molar-refractivity contribution in [3.63, 3.8) is 0 Å². The van der Waals surface area contributed by atoms with Gasteiger partial charge in [-0.15, -0.1) is 11.3 Å². The van der Waals surface area contributed by atoms with Crippen LogP contribution in [0.4, 0.5) is 5.00 Å². The van der Waals surface area contributed by atoms with E-state index >= 15 is 0 Å². The number of carbonyl (C=O) groups is 2. The highest BCUT2D eigenvalue weighted by molar-refractivity contribution is 7.17. The molecule has 28 heavy (non-hydrogen) atoms. The molecule has 5 heteroatoms. The predicted octanol–water partition coefficient (Wildman–Crippen LogP) is 5.64. The van der Waals surface area contributed by atoms with E-state index in [0.717, 1.165) is 30.4 Å². The van der Waals surface area contributed by atoms with Gasteiger partial charge < -0.3 is 10.1 Å². The van der Waals surface area contributed by atoms with Gasteiger partial charge in [-0.25, -0.2) is 4.79 Å². The van der Waals surface area contributed by atoms with Crippen LogP contribution in [0.2, 0.25) is 0 Å². The number of rotatable bonds is 4. The van der Waals surface area contributed by atoms with E-state index in [2.05, 4.69) is 26.1 Å². The molecule has 0 unspecified atom stereocenters. The Hall–Kier alpha value is -2.14. The molecule has 1 aliphatic carbocycles. The van der Waals surface area contributed by atoms with E-state index < -0.39 is 0 Å². The van der Waals surface area contributed by atoms with Crippen LogP contribution >= 0.6 is 11.3 Å². The smallest absolute Gasteiger partial charge is 0.341 e. The normalized spacial score (nSPS) is 16.4. The average Bonchev–Trinajstić information content (AvgIpc) is 2.98. The number of esters is 1. The van der Waals surface area contributed by atoms with Gasteiger partial charge in [0.2, 0.25) is 0 Å². The third-order valence-electron chi connectivity index (χ3n) is 5.51. The third kappa shape index (κ3) is 4.30. The molecule has 1 amide bonds. The van der Waals surface area contributed by atoms with Crippen LogP contribution in [0.1, 0.15) is 70.8 Å². The molecule has 150 valence electrons. The SMILES string of the molecule is CCOC(=O)c1c(NC(=O)c2ccc(C)cc2)sc2c1CC[C@H](C(C)(C)C)C2. The van der Waals surface area contributed by atoms with Gasteiger partial charge in [0.1, 0.15) is 5.00 Å². The summed E-state index contributed by atoms with van der Waals surface area (Å²) >= 11 is 1.53. The summed E-state index contributed by atoms with van der Waals surface area (Å²) in [6.07, 6.45) is 2.84. The van der Waals surface area contributed by atoms with Crippen LogP contribution in [0, 0.1) is 18.3 Å². The van der Waals surface area contributed by atoms with E-state index in [1.165, 1.54) is 16.2 Å². The molecular formula is C23H29NO3S. The molecule has 1 N–H and O–H groups in total. The van der Waals surface area contributed by atoms with Crippen molar-refractivity contribution < 1.29 is 14.3 Å². The fourth-order valence-corrected chi connectivity index (χ4v) is 5.02. The van der Waals surface area contributed by atoms with Gasteiger partial charge in [-0.1, -0.05) is 38.5 Å². The van der Waals surface area contributed by atoms with Gasteiger partial charge in [-0.05, 0) is 62.1 Å². The minimum Gasteiger partial charge on any atom is -0.462 e. The highest BCUT2D eigenvalue weighted by Crippen LogP contribution is 2.44. The summed E-state index contributed by atoms with van der Waals surface area (Å²) in [5.74, 6) is 0.0271. The molecule has 0 radical (unpaired) electrons. The van der Waals surface area contributed by atoms with Crippen molar-refractivity contribution in [3.05, 3.63) is 51.4 Å². The first kappa shape index (κ1) is 20.6. The molecule has 1 aromatic heterocycles. The number of ether oxygens (including phenoxy) is 1. The maximum atomic E-state index is 12.7. The number of hydrogen-bond donors (Lipinski definition) is 1. The quantitative estimate of drug-likeness (QED) is 0.677. The largest absolute Gasteiger partial charge is 0.462 e. The first-order valence-electron chi connectivity index (χ1n) is 9.90. The topological polar surface area (TPSA) is 55.4 Å². The van der Waals surface area contributed by atoms with E-state index in [9.17, 15) is 9.59 Å². The number of thiophene rings is 1. The molecule has 1 aromatic carbocycles. The number of anilines is 1. The fourth-order valence-electron chi connectivity index (χ4n) is 3.71. The lowest BCUT2D eigenvalue weighted by atomic mass is 9.72. The number of hydrogen-bond acceptors (Lipinski definition) is 4. The zero-order valence-electron chi connectivity index (χ0n) is 17.3. The van der Waals surface area contributed by atoms with Crippen LogP contribution in [0.25, 0.3) is 0 Å². The molecule has 0 saturated carbocycles. The number of fused-ring (bicyclic) bond motifs is 1. The lowest BCUT2D eigenvalue weighted by molar-refractivity contribution is 0.0526. The van der Waals surface area contributed by atoms with E-state index in [0.29, 0.717) is 28.7 Å². The number of amides is 1. The lowest BCUT2D eigenvalue weighted by Crippen LogP contribution is -2.26. The van der Waals surface area contributed by atoms with Gasteiger partial charge >= 0.3 is 5.97 Å². The minimum atomic E-state index is -0.339. The van der Waals surface area contributed by atoms with Crippen molar-refractivity contribution >= 4 is 28.2 Å². The Morgan fingerprint density at radius 3 is 2.50 bits per heavy atom. The van der Waals surface area contributed by atoms with E-state index in [4.69, 9.17) is 4.74 Å². The van der Waals surface area contributed by atoms with Crippen molar-refractivity contribution in [2.75, 3.05) is 11.9 Å². The number of nitrogens with one attached hydrogen (secondary N) is 1. The maximum absolute atomic E-state index is 12.7. The Labute approximate surface area is 171 Å². The van der Waals surface area contributed by atoms with Crippen molar-refractivity contribution in [1.82, 2.24) is 0 Å². The summed E-state index contributed by atoms with van der Waals surface area (Å²) in [7, 11) is 0. The molecule has 1 atom stereocenters. The number of carbonyl (C=O) groups excluding carboxylic acids is 2. The van der Waals surface area contributed by atoms with Gasteiger partial charge in [0.15, 0.2) is 0 Å². The molecule has 1 aliphatic rings. The molecule has 3 rings (SSSR count). The van der Waals surface area contributed by atoms with Crippen LogP contribution in [-0.4, -0.2) is 18.5 Å². The highest BCUT2D eigenvalue weighted by Gasteiger charge is 2.34. The Morgan fingerprint density at radius 1 is 1.21 bits per heavy atom. The van der Waals surface area contributed by atoms with E-state index in [1.54, 1.807) is 19.1 Å². The maximum Gasteiger partial charge on any atom is 0.341 e. The van der Waals surface area contributed by atoms with Gasteiger partial charge in [0.05, 0.1) is 12.2 Å². The minimum absolute atomic E-state index is 0.198. The van der Waals surface area contributed by atoms with Crippen molar-refractivity contribution in [2.45, 2.75) is 53.9 Å². The molecule has 0 spiro atoms. The second-order valence-electron chi connectivity index (χ2n) is 8.55. The molecule has 4 nitrogen and oxygen atoms in total. The van der Waals surface area contributed by atoms with Crippen molar-refractivity contribution in [2.24, 2.45) is 11.3 Å². The zero-order valence-corrected chi connectivity index (χ0v) is 18.2. The van der Waals surface area contributed by atoms with Crippen LogP contribution in [0.5, 0.6) is 0 Å². The van der Waals surface area contributed by atoms with Gasteiger partial charge in [-0.3, -0.25) is 4.79 Å². The van der Waals surface area contributed by atoms with Crippen molar-refractivity contribution in [3.8, 4) is 0 Å². The molecular weight excluding hydrogens is 370 g/mol. The summed E-state index contributed by atoms with van der Waals surface area (Å²) in [6.45, 7) is 10.9. The van der Waals surface area contributed by atoms with Crippen LogP contribution in [0.3, 0.4) is 0 Å². The molecule has 0 aliphatic heterocycles. The first-order valence-corrected chi connectivity index (χ1v) is 10.7. The van der Waals surface area contributed by atoms with Gasteiger partial charge in [0.25, 0.3) is 5.91 Å². The summed E-state index contributed by atoms with van der Waals surface area (Å²) < 4.78 is 5.31. The molecule has 2 aromatic rings. The van der Waals surface area contributed by atoms with E-state index in [1.807, 2.05) is 19.1 Å². The van der Waals surface area contributed by atoms with E-state index in [-0.39, 0.29) is 17.3 Å². The Kier molecular flexibility index (Phi) is 5.94. The molecule has 1 heterocycles. The zero-order chi connectivity index (χ0) is 20.5. The van der Waals surface area contributed by atoms with Crippen LogP contribution in [-0.2, 0) is 17.6 Å². The number of benzene rings is 1. The Bertz CT molecular complexity index is 874. The second-order valence-corrected chi connectivity index (χ2v) is 9.66. The molecule has 0 saturated heterocycles. The van der Waals surface area contributed by atoms with Gasteiger partial charge in [-0.2, -0.15) is 0 Å². The molecule has 0 fully saturated rings. The Balaban J connectivity index is 1.93. The Morgan fingerprint density at radius 2 is 1.89 bits per heavy atom. The van der Waals surface area contributed by atoms with Gasteiger partial charge in [0, 0.05) is 10.4 Å². The van der Waals surface area contributed by atoms with Crippen LogP contribution in [0.15, 0.2) is 24.3 Å². The number of aryl methyl sites for hydroxylation is 1. The predicted molar refractivity (Wildman–Crippen MR) is 114 cm³/mol. The first-order chi connectivity index (χ1) is 13.2. The third-order valence-corrected chi connectivity index (χ3v) is 6.68. The highest BCUT2D eigenvalue weighted by atomic mass is 32.1. The van der Waals surface area contributed by atoms with Crippen molar-refractivity contribution in [1.29, 1.82) is 0 Å². The van der Waals surface area contributed by atoms with Crippen LogP contribution < -0.4 is 5.32 Å². The standard InChI is InChI=1S/C23H29NO3S/c1-6-27-22(26)19-17-12-11-16(23(3,4)5)13-18(17)28-21(19)24-20(25)15-9-7-14(2)8-10-15/h7-10,16H,6,11-13H2,1-5H3,(H,24,25)/t16-/m0/s1. The average molecular weight is 400 g/mol. The lowest BCUT2D eigenvalue weighted by Gasteiger charge is -2.33.